The predicted octanol–water partition coefficient (Wildman–Crippen LogP) is 3.15. The van der Waals surface area contributed by atoms with Gasteiger partial charge in [0.2, 0.25) is 0 Å². The maximum atomic E-state index is 11.1. The van der Waals surface area contributed by atoms with Crippen LogP contribution in [0.25, 0.3) is 0 Å². The number of benzene rings is 2. The first-order valence-corrected chi connectivity index (χ1v) is 7.11. The Balaban J connectivity index is 2.73. The average molecular weight is 363 g/mol. The largest absolute Gasteiger partial charge is 0.502 e. The van der Waals surface area contributed by atoms with Crippen molar-refractivity contribution in [2.75, 3.05) is 0 Å². The summed E-state index contributed by atoms with van der Waals surface area (Å²) in [6.07, 6.45) is 0. The summed E-state index contributed by atoms with van der Waals surface area (Å²) in [5.41, 5.74) is -3.03. The van der Waals surface area contributed by atoms with Crippen molar-refractivity contribution in [1.29, 1.82) is 0 Å². The van der Waals surface area contributed by atoms with Gasteiger partial charge in [0.25, 0.3) is 5.75 Å². The molecule has 2 rings (SSSR count). The molecule has 0 radical (unpaired) electrons. The smallest absolute Gasteiger partial charge is 0.318 e. The number of nitrogens with zero attached hydrogens (tertiary/aromatic N) is 3. The highest BCUT2D eigenvalue weighted by atomic mass is 16.6. The summed E-state index contributed by atoms with van der Waals surface area (Å²) in [5.74, 6) is -1.63. The lowest BCUT2D eigenvalue weighted by atomic mass is 9.77. The highest BCUT2D eigenvalue weighted by Gasteiger charge is 2.33. The molecule has 0 aromatic heterocycles. The second-order valence-electron chi connectivity index (χ2n) is 5.96. The van der Waals surface area contributed by atoms with Crippen LogP contribution < -0.4 is 0 Å². The van der Waals surface area contributed by atoms with Crippen LogP contribution in [-0.2, 0) is 5.41 Å². The van der Waals surface area contributed by atoms with Gasteiger partial charge >= 0.3 is 17.1 Å². The van der Waals surface area contributed by atoms with Gasteiger partial charge in [-0.3, -0.25) is 30.3 Å². The van der Waals surface area contributed by atoms with Gasteiger partial charge in [-0.15, -0.1) is 0 Å². The number of phenolic OH excluding ortho intramolecular Hbond substituents is 2. The predicted molar refractivity (Wildman–Crippen MR) is 88.3 cm³/mol. The molecule has 0 aliphatic rings. The van der Waals surface area contributed by atoms with Crippen LogP contribution in [0.4, 0.5) is 17.1 Å². The van der Waals surface area contributed by atoms with Crippen LogP contribution in [0.1, 0.15) is 25.0 Å². The zero-order chi connectivity index (χ0) is 19.8. The van der Waals surface area contributed by atoms with E-state index in [-0.39, 0.29) is 11.1 Å². The summed E-state index contributed by atoms with van der Waals surface area (Å²) < 4.78 is 0. The molecule has 11 nitrogen and oxygen atoms in total. The number of phenols is 2. The monoisotopic (exact) mass is 363 g/mol. The lowest BCUT2D eigenvalue weighted by Crippen LogP contribution is -2.19. The molecule has 2 aromatic carbocycles. The second kappa shape index (κ2) is 6.27. The van der Waals surface area contributed by atoms with Crippen molar-refractivity contribution in [2.45, 2.75) is 19.3 Å². The fraction of sp³-hybridized carbons (Fsp3) is 0.200. The highest BCUT2D eigenvalue weighted by molar-refractivity contribution is 5.63. The van der Waals surface area contributed by atoms with Gasteiger partial charge in [0.15, 0.2) is 5.75 Å². The van der Waals surface area contributed by atoms with Crippen molar-refractivity contribution in [3.8, 4) is 11.5 Å². The minimum atomic E-state index is -1.14. The van der Waals surface area contributed by atoms with E-state index < -0.39 is 48.7 Å². The van der Waals surface area contributed by atoms with E-state index in [4.69, 9.17) is 0 Å². The Bertz CT molecular complexity index is 903. The standard InChI is InChI=1S/C15H13N3O8/c1-15(2,8-3-4-13(19)10(5-8)16(21)22)9-6-11(17(23)24)14(20)12(7-9)18(25)26/h3-7,19-20H,1-2H3. The first-order valence-electron chi connectivity index (χ1n) is 7.11. The molecule has 136 valence electrons. The number of hydrogen-bond donors (Lipinski definition) is 2. The molecule has 0 aliphatic carbocycles. The molecule has 0 atom stereocenters. The number of aromatic hydroxyl groups is 2. The van der Waals surface area contributed by atoms with Gasteiger partial charge in [-0.25, -0.2) is 0 Å². The number of nitro benzene ring substituents is 3. The molecule has 26 heavy (non-hydrogen) atoms. The minimum absolute atomic E-state index is 0.0914. The fourth-order valence-corrected chi connectivity index (χ4v) is 2.47. The van der Waals surface area contributed by atoms with Crippen LogP contribution in [0.5, 0.6) is 11.5 Å². The first kappa shape index (κ1) is 18.6. The van der Waals surface area contributed by atoms with Gasteiger partial charge in [0, 0.05) is 23.6 Å². The van der Waals surface area contributed by atoms with Gasteiger partial charge in [-0.1, -0.05) is 19.9 Å². The summed E-state index contributed by atoms with van der Waals surface area (Å²) in [5, 5.41) is 52.5. The van der Waals surface area contributed by atoms with Crippen molar-refractivity contribution < 1.29 is 25.0 Å². The number of hydrogen-bond acceptors (Lipinski definition) is 8. The van der Waals surface area contributed by atoms with E-state index in [2.05, 4.69) is 0 Å². The molecular weight excluding hydrogens is 350 g/mol. The van der Waals surface area contributed by atoms with E-state index in [1.54, 1.807) is 13.8 Å². The van der Waals surface area contributed by atoms with Crippen molar-refractivity contribution in [1.82, 2.24) is 0 Å². The van der Waals surface area contributed by atoms with Crippen molar-refractivity contribution in [3.63, 3.8) is 0 Å². The van der Waals surface area contributed by atoms with Crippen LogP contribution in [0.2, 0.25) is 0 Å². The summed E-state index contributed by atoms with van der Waals surface area (Å²) in [6.45, 7) is 3.09. The summed E-state index contributed by atoms with van der Waals surface area (Å²) in [7, 11) is 0. The van der Waals surface area contributed by atoms with Gasteiger partial charge < -0.3 is 10.2 Å². The van der Waals surface area contributed by atoms with Gasteiger partial charge in [-0.05, 0) is 17.2 Å². The van der Waals surface area contributed by atoms with Crippen molar-refractivity contribution in [3.05, 3.63) is 71.8 Å². The molecule has 0 saturated heterocycles. The third kappa shape index (κ3) is 3.09. The normalized spacial score (nSPS) is 11.2. The molecule has 0 unspecified atom stereocenters. The number of rotatable bonds is 5. The zero-order valence-electron chi connectivity index (χ0n) is 13.6. The second-order valence-corrected chi connectivity index (χ2v) is 5.96. The molecule has 0 amide bonds. The molecule has 0 fully saturated rings. The molecule has 2 N–H and O–H groups in total. The summed E-state index contributed by atoms with van der Waals surface area (Å²) >= 11 is 0. The quantitative estimate of drug-likeness (QED) is 0.602. The molecular formula is C15H13N3O8. The van der Waals surface area contributed by atoms with Gasteiger partial charge in [-0.2, -0.15) is 0 Å². The fourth-order valence-electron chi connectivity index (χ4n) is 2.47. The van der Waals surface area contributed by atoms with E-state index in [0.717, 1.165) is 24.3 Å². The van der Waals surface area contributed by atoms with E-state index in [9.17, 15) is 40.6 Å². The Labute approximate surface area is 145 Å². The summed E-state index contributed by atoms with van der Waals surface area (Å²) in [6, 6.07) is 5.49. The highest BCUT2D eigenvalue weighted by Crippen LogP contribution is 2.43. The third-order valence-electron chi connectivity index (χ3n) is 4.08. The Morgan fingerprint density at radius 1 is 0.769 bits per heavy atom. The van der Waals surface area contributed by atoms with Gasteiger partial charge in [0.05, 0.1) is 14.8 Å². The van der Waals surface area contributed by atoms with Crippen LogP contribution in [0, 0.1) is 30.3 Å². The maximum Gasteiger partial charge on any atom is 0.318 e. The SMILES string of the molecule is CC(C)(c1ccc(O)c([N+](=O)[O-])c1)c1cc([N+](=O)[O-])c(O)c([N+](=O)[O-])c1. The molecule has 2 aromatic rings. The molecule has 0 spiro atoms. The van der Waals surface area contributed by atoms with Crippen LogP contribution >= 0.6 is 0 Å². The Hall–Kier alpha value is -3.76. The molecule has 0 saturated carbocycles. The lowest BCUT2D eigenvalue weighted by Gasteiger charge is -2.25. The lowest BCUT2D eigenvalue weighted by molar-refractivity contribution is -0.396. The average Bonchev–Trinajstić information content (AvgIpc) is 2.54. The Kier molecular flexibility index (Phi) is 4.48. The van der Waals surface area contributed by atoms with Crippen LogP contribution in [-0.4, -0.2) is 25.0 Å². The van der Waals surface area contributed by atoms with Gasteiger partial charge in [0.1, 0.15) is 0 Å². The molecule has 11 heteroatoms. The van der Waals surface area contributed by atoms with Crippen molar-refractivity contribution >= 4 is 17.1 Å². The molecule has 0 aliphatic heterocycles. The molecule has 0 bridgehead atoms. The van der Waals surface area contributed by atoms with E-state index in [1.807, 2.05) is 0 Å². The van der Waals surface area contributed by atoms with E-state index >= 15 is 0 Å². The number of nitro groups is 3. The minimum Gasteiger partial charge on any atom is -0.502 e. The van der Waals surface area contributed by atoms with Crippen molar-refractivity contribution in [2.24, 2.45) is 0 Å². The van der Waals surface area contributed by atoms with E-state index in [1.165, 1.54) is 6.07 Å². The van der Waals surface area contributed by atoms with E-state index in [0.29, 0.717) is 0 Å². The maximum absolute atomic E-state index is 11.1. The van der Waals surface area contributed by atoms with Crippen LogP contribution in [0.15, 0.2) is 30.3 Å². The zero-order valence-corrected chi connectivity index (χ0v) is 13.6. The molecule has 0 heterocycles. The summed E-state index contributed by atoms with van der Waals surface area (Å²) in [4.78, 5) is 30.5. The topological polar surface area (TPSA) is 170 Å². The first-order chi connectivity index (χ1) is 12.0. The third-order valence-corrected chi connectivity index (χ3v) is 4.08. The Morgan fingerprint density at radius 3 is 1.62 bits per heavy atom. The Morgan fingerprint density at radius 2 is 1.19 bits per heavy atom. The van der Waals surface area contributed by atoms with Crippen LogP contribution in [0.3, 0.4) is 0 Å².